The molecule has 1 amide bonds. The Kier molecular flexibility index (Phi) is 5.20. The van der Waals surface area contributed by atoms with E-state index < -0.39 is 11.4 Å². The zero-order valence-electron chi connectivity index (χ0n) is 15.8. The number of benzene rings is 1. The van der Waals surface area contributed by atoms with Gasteiger partial charge >= 0.3 is 0 Å². The van der Waals surface area contributed by atoms with Crippen LogP contribution >= 0.6 is 11.3 Å². The van der Waals surface area contributed by atoms with Gasteiger partial charge in [0.05, 0.1) is 22.7 Å². The Morgan fingerprint density at radius 3 is 2.70 bits per heavy atom. The van der Waals surface area contributed by atoms with E-state index in [0.29, 0.717) is 17.8 Å². The van der Waals surface area contributed by atoms with Crippen LogP contribution in [0, 0.1) is 22.1 Å². The summed E-state index contributed by atoms with van der Waals surface area (Å²) < 4.78 is 6.11. The van der Waals surface area contributed by atoms with Crippen molar-refractivity contribution in [1.82, 2.24) is 20.3 Å². The van der Waals surface area contributed by atoms with Crippen LogP contribution in [0.2, 0.25) is 0 Å². The van der Waals surface area contributed by atoms with E-state index in [-0.39, 0.29) is 24.6 Å². The summed E-state index contributed by atoms with van der Waals surface area (Å²) in [7, 11) is 0. The third kappa shape index (κ3) is 4.47. The van der Waals surface area contributed by atoms with Crippen LogP contribution in [-0.4, -0.2) is 38.2 Å². The molecule has 0 unspecified atom stereocenters. The van der Waals surface area contributed by atoms with Gasteiger partial charge in [0.2, 0.25) is 5.91 Å². The molecule has 2 heterocycles. The quantitative estimate of drug-likeness (QED) is 0.413. The fraction of sp³-hybridized carbons (Fsp3) is 0.250. The van der Waals surface area contributed by atoms with E-state index in [1.54, 1.807) is 12.4 Å². The van der Waals surface area contributed by atoms with Crippen molar-refractivity contribution in [3.63, 3.8) is 0 Å². The zero-order valence-corrected chi connectivity index (χ0v) is 16.6. The highest BCUT2D eigenvalue weighted by atomic mass is 32.1. The molecule has 1 aromatic carbocycles. The Balaban J connectivity index is 1.35. The fourth-order valence-electron chi connectivity index (χ4n) is 2.88. The number of nitriles is 1. The molecule has 1 aliphatic rings. The highest BCUT2D eigenvalue weighted by Gasteiger charge is 2.44. The lowest BCUT2D eigenvalue weighted by Gasteiger charge is -2.10. The highest BCUT2D eigenvalue weighted by Crippen LogP contribution is 2.34. The number of ether oxygens (including phenoxy) is 1. The van der Waals surface area contributed by atoms with Gasteiger partial charge in [-0.1, -0.05) is 6.07 Å². The first-order chi connectivity index (χ1) is 14.5. The number of hydrogen-bond donors (Lipinski definition) is 3. The monoisotopic (exact) mass is 419 g/mol. The van der Waals surface area contributed by atoms with E-state index in [4.69, 9.17) is 20.8 Å². The Bertz CT molecular complexity index is 1180. The molecule has 0 spiro atoms. The number of hydrogen-bond acceptors (Lipinski definition) is 9. The van der Waals surface area contributed by atoms with Gasteiger partial charge in [0.25, 0.3) is 0 Å². The zero-order chi connectivity index (χ0) is 21.1. The molecule has 0 radical (unpaired) electrons. The minimum Gasteiger partial charge on any atom is -0.429 e. The number of nitrogens with one attached hydrogen (secondary N) is 3. The minimum absolute atomic E-state index is 0.120. The van der Waals surface area contributed by atoms with Crippen LogP contribution in [0.25, 0.3) is 21.3 Å². The van der Waals surface area contributed by atoms with Gasteiger partial charge in [-0.05, 0) is 30.5 Å². The van der Waals surface area contributed by atoms with Crippen LogP contribution in [-0.2, 0) is 16.0 Å². The molecule has 0 aliphatic heterocycles. The number of carbonyl (C=O) groups excluding carboxylic acids is 1. The molecule has 1 fully saturated rings. The molecule has 0 bridgehead atoms. The average molecular weight is 419 g/mol. The van der Waals surface area contributed by atoms with Gasteiger partial charge in [-0.15, -0.1) is 11.3 Å². The summed E-state index contributed by atoms with van der Waals surface area (Å²) in [6.45, 7) is 0. The van der Waals surface area contributed by atoms with Gasteiger partial charge in [0.1, 0.15) is 23.3 Å². The standard InChI is InChI=1S/C20H17N7O2S/c21-10-20(3-4-20)27-18(28)6-16(22)29-17(23)7-19-26-14-2-1-12(5-15(14)30-19)13-8-24-11-25-9-13/h1-2,5,8-9,11,22-23H,3-4,6-7H2,(H,27,28). The van der Waals surface area contributed by atoms with Crippen molar-refractivity contribution in [2.45, 2.75) is 31.2 Å². The van der Waals surface area contributed by atoms with Crippen molar-refractivity contribution in [3.05, 3.63) is 41.9 Å². The molecule has 0 atom stereocenters. The van der Waals surface area contributed by atoms with Crippen LogP contribution in [0.4, 0.5) is 0 Å². The smallest absolute Gasteiger partial charge is 0.230 e. The van der Waals surface area contributed by atoms with E-state index in [0.717, 1.165) is 21.3 Å². The molecule has 3 aromatic rings. The molecule has 1 aliphatic carbocycles. The number of amides is 1. The molecule has 0 saturated heterocycles. The van der Waals surface area contributed by atoms with Crippen LogP contribution in [0.15, 0.2) is 36.9 Å². The van der Waals surface area contributed by atoms with Crippen molar-refractivity contribution in [1.29, 1.82) is 16.1 Å². The number of thiazole rings is 1. The van der Waals surface area contributed by atoms with E-state index >= 15 is 0 Å². The fourth-order valence-corrected chi connectivity index (χ4v) is 3.89. The molecule has 1 saturated carbocycles. The van der Waals surface area contributed by atoms with Gasteiger partial charge in [-0.25, -0.2) is 15.0 Å². The maximum Gasteiger partial charge on any atom is 0.230 e. The predicted octanol–water partition coefficient (Wildman–Crippen LogP) is 2.83. The van der Waals surface area contributed by atoms with Gasteiger partial charge in [0, 0.05) is 18.0 Å². The first kappa shape index (κ1) is 19.6. The second kappa shape index (κ2) is 7.96. The van der Waals surface area contributed by atoms with Crippen molar-refractivity contribution in [3.8, 4) is 17.2 Å². The first-order valence-electron chi connectivity index (χ1n) is 9.16. The van der Waals surface area contributed by atoms with Crippen molar-refractivity contribution < 1.29 is 9.53 Å². The molecule has 3 N–H and O–H groups in total. The number of nitrogens with zero attached hydrogens (tertiary/aromatic N) is 4. The number of rotatable bonds is 6. The lowest BCUT2D eigenvalue weighted by molar-refractivity contribution is -0.120. The van der Waals surface area contributed by atoms with E-state index in [1.807, 2.05) is 18.2 Å². The Morgan fingerprint density at radius 1 is 1.23 bits per heavy atom. The van der Waals surface area contributed by atoms with Crippen LogP contribution in [0.5, 0.6) is 0 Å². The lowest BCUT2D eigenvalue weighted by atomic mass is 10.1. The average Bonchev–Trinajstić information content (AvgIpc) is 3.37. The van der Waals surface area contributed by atoms with Crippen LogP contribution < -0.4 is 5.32 Å². The lowest BCUT2D eigenvalue weighted by Crippen LogP contribution is -2.37. The molecule has 150 valence electrons. The predicted molar refractivity (Wildman–Crippen MR) is 111 cm³/mol. The van der Waals surface area contributed by atoms with Gasteiger partial charge in [0.15, 0.2) is 11.8 Å². The van der Waals surface area contributed by atoms with Crippen LogP contribution in [0.3, 0.4) is 0 Å². The normalized spacial score (nSPS) is 14.0. The third-order valence-electron chi connectivity index (χ3n) is 4.55. The summed E-state index contributed by atoms with van der Waals surface area (Å²) >= 11 is 1.44. The molecular weight excluding hydrogens is 402 g/mol. The Labute approximate surface area is 175 Å². The summed E-state index contributed by atoms with van der Waals surface area (Å²) in [4.78, 5) is 24.5. The van der Waals surface area contributed by atoms with E-state index in [2.05, 4.69) is 26.3 Å². The molecule has 2 aromatic heterocycles. The van der Waals surface area contributed by atoms with E-state index in [9.17, 15) is 4.79 Å². The van der Waals surface area contributed by atoms with E-state index in [1.165, 1.54) is 17.7 Å². The first-order valence-corrected chi connectivity index (χ1v) is 9.98. The molecule has 30 heavy (non-hydrogen) atoms. The van der Waals surface area contributed by atoms with Gasteiger partial charge in [-0.3, -0.25) is 15.6 Å². The minimum atomic E-state index is -0.781. The van der Waals surface area contributed by atoms with Crippen molar-refractivity contribution in [2.24, 2.45) is 0 Å². The van der Waals surface area contributed by atoms with Gasteiger partial charge < -0.3 is 10.1 Å². The molecular formula is C20H17N7O2S. The summed E-state index contributed by atoms with van der Waals surface area (Å²) in [5.41, 5.74) is 1.91. The third-order valence-corrected chi connectivity index (χ3v) is 5.57. The second-order valence-electron chi connectivity index (χ2n) is 6.96. The topological polar surface area (TPSA) is 148 Å². The SMILES string of the molecule is N#CC1(NC(=O)CC(=N)OC(=N)Cc2nc3ccc(-c4cncnc4)cc3s2)CC1. The maximum atomic E-state index is 11.9. The number of fused-ring (bicyclic) bond motifs is 1. The molecule has 9 nitrogen and oxygen atoms in total. The highest BCUT2D eigenvalue weighted by molar-refractivity contribution is 7.18. The summed E-state index contributed by atoms with van der Waals surface area (Å²) in [6, 6.07) is 7.89. The number of aromatic nitrogens is 3. The molecule has 10 heteroatoms. The molecule has 4 rings (SSSR count). The van der Waals surface area contributed by atoms with Crippen molar-refractivity contribution >= 4 is 39.3 Å². The van der Waals surface area contributed by atoms with Gasteiger partial charge in [-0.2, -0.15) is 5.26 Å². The largest absolute Gasteiger partial charge is 0.429 e. The summed E-state index contributed by atoms with van der Waals surface area (Å²) in [5, 5.41) is 28.0. The summed E-state index contributed by atoms with van der Waals surface area (Å²) in [6.07, 6.45) is 6.01. The summed E-state index contributed by atoms with van der Waals surface area (Å²) in [5.74, 6) is -0.951. The second-order valence-corrected chi connectivity index (χ2v) is 8.08. The Morgan fingerprint density at radius 2 is 2.00 bits per heavy atom. The Hall–Kier alpha value is -3.71. The van der Waals surface area contributed by atoms with Crippen LogP contribution in [0.1, 0.15) is 24.3 Å². The maximum absolute atomic E-state index is 11.9. The number of carbonyl (C=O) groups is 1. The van der Waals surface area contributed by atoms with Crippen molar-refractivity contribution in [2.75, 3.05) is 0 Å².